The number of pyridine rings is 1. The highest BCUT2D eigenvalue weighted by Gasteiger charge is 2.15. The van der Waals surface area contributed by atoms with Gasteiger partial charge >= 0.3 is 0 Å². The van der Waals surface area contributed by atoms with E-state index in [-0.39, 0.29) is 11.4 Å². The second kappa shape index (κ2) is 5.62. The smallest absolute Gasteiger partial charge is 0.185 e. The van der Waals surface area contributed by atoms with E-state index in [1.807, 2.05) is 26.2 Å². The Morgan fingerprint density at radius 2 is 2.04 bits per heavy atom. The molecule has 0 amide bonds. The van der Waals surface area contributed by atoms with E-state index in [0.29, 0.717) is 11.3 Å². The van der Waals surface area contributed by atoms with Crippen molar-refractivity contribution in [1.82, 2.24) is 19.4 Å². The minimum absolute atomic E-state index is 0.00524. The van der Waals surface area contributed by atoms with Crippen LogP contribution in [0.4, 0.5) is 10.1 Å². The Balaban J connectivity index is 1.88. The number of halogens is 1. The van der Waals surface area contributed by atoms with Crippen molar-refractivity contribution in [1.29, 1.82) is 0 Å². The molecule has 0 bridgehead atoms. The van der Waals surface area contributed by atoms with Crippen molar-refractivity contribution in [2.75, 3.05) is 5.73 Å². The third-order valence-corrected chi connectivity index (χ3v) is 4.23. The van der Waals surface area contributed by atoms with Crippen LogP contribution in [0.1, 0.15) is 5.69 Å². The Labute approximate surface area is 143 Å². The predicted octanol–water partition coefficient (Wildman–Crippen LogP) is 3.56. The molecule has 4 rings (SSSR count). The molecule has 0 unspecified atom stereocenters. The normalized spacial score (nSPS) is 11.2. The van der Waals surface area contributed by atoms with Crippen LogP contribution in [0.25, 0.3) is 16.6 Å². The maximum absolute atomic E-state index is 14.1. The van der Waals surface area contributed by atoms with Crippen LogP contribution in [0.3, 0.4) is 0 Å². The first-order valence-electron chi connectivity index (χ1n) is 7.73. The molecule has 0 saturated carbocycles. The number of hydrogen-bond acceptors (Lipinski definition) is 4. The van der Waals surface area contributed by atoms with Crippen molar-refractivity contribution < 1.29 is 9.13 Å². The van der Waals surface area contributed by atoms with Crippen molar-refractivity contribution >= 4 is 11.2 Å². The zero-order valence-corrected chi connectivity index (χ0v) is 13.8. The number of anilines is 1. The molecule has 126 valence electrons. The summed E-state index contributed by atoms with van der Waals surface area (Å²) in [6.07, 6.45) is 5.32. The molecular formula is C18H16FN5O. The summed E-state index contributed by atoms with van der Waals surface area (Å²) < 4.78 is 23.4. The molecule has 0 aliphatic rings. The first kappa shape index (κ1) is 15.2. The molecule has 3 aromatic heterocycles. The molecule has 0 saturated heterocycles. The highest BCUT2D eigenvalue weighted by Crippen LogP contribution is 2.35. The number of hydrogen-bond donors (Lipinski definition) is 1. The van der Waals surface area contributed by atoms with Gasteiger partial charge in [-0.1, -0.05) is 6.07 Å². The number of nitrogens with two attached hydrogens (primary N) is 1. The molecule has 0 spiro atoms. The highest BCUT2D eigenvalue weighted by molar-refractivity contribution is 5.73. The maximum atomic E-state index is 14.1. The van der Waals surface area contributed by atoms with Gasteiger partial charge < -0.3 is 10.5 Å². The van der Waals surface area contributed by atoms with E-state index in [0.717, 1.165) is 16.8 Å². The summed E-state index contributed by atoms with van der Waals surface area (Å²) in [7, 11) is 1.88. The molecule has 7 heteroatoms. The fraction of sp³-hybridized carbons (Fsp3) is 0.111. The minimum atomic E-state index is -0.513. The summed E-state index contributed by atoms with van der Waals surface area (Å²) >= 11 is 0. The summed E-state index contributed by atoms with van der Waals surface area (Å²) in [5.74, 6) is -0.0404. The van der Waals surface area contributed by atoms with Gasteiger partial charge in [0.2, 0.25) is 0 Å². The molecule has 0 fully saturated rings. The number of benzene rings is 1. The molecule has 0 aliphatic heterocycles. The molecule has 3 heterocycles. The van der Waals surface area contributed by atoms with Crippen LogP contribution in [0.5, 0.6) is 11.5 Å². The fourth-order valence-corrected chi connectivity index (χ4v) is 2.75. The van der Waals surface area contributed by atoms with Gasteiger partial charge in [-0.15, -0.1) is 0 Å². The van der Waals surface area contributed by atoms with Gasteiger partial charge in [0.05, 0.1) is 18.1 Å². The number of nitrogen functional groups attached to an aromatic ring is 1. The van der Waals surface area contributed by atoms with Crippen LogP contribution < -0.4 is 10.5 Å². The first-order valence-corrected chi connectivity index (χ1v) is 7.73. The Morgan fingerprint density at radius 1 is 1.20 bits per heavy atom. The van der Waals surface area contributed by atoms with Crippen molar-refractivity contribution in [3.05, 3.63) is 60.4 Å². The SMILES string of the molecule is Cc1c(-c2cc(Oc3c(N)cccc3F)c3ccnn3c2)cnn1C. The van der Waals surface area contributed by atoms with E-state index in [4.69, 9.17) is 10.5 Å². The molecule has 0 radical (unpaired) electrons. The van der Waals surface area contributed by atoms with Gasteiger partial charge in [-0.25, -0.2) is 8.91 Å². The number of aryl methyl sites for hydroxylation is 1. The average molecular weight is 337 g/mol. The zero-order chi connectivity index (χ0) is 17.6. The number of ether oxygens (including phenoxy) is 1. The third-order valence-electron chi connectivity index (χ3n) is 4.23. The maximum Gasteiger partial charge on any atom is 0.185 e. The molecule has 25 heavy (non-hydrogen) atoms. The van der Waals surface area contributed by atoms with Gasteiger partial charge in [-0.2, -0.15) is 10.2 Å². The summed E-state index contributed by atoms with van der Waals surface area (Å²) in [4.78, 5) is 0. The van der Waals surface area contributed by atoms with Gasteiger partial charge in [0, 0.05) is 30.1 Å². The average Bonchev–Trinajstić information content (AvgIpc) is 3.18. The van der Waals surface area contributed by atoms with Gasteiger partial charge in [0.25, 0.3) is 0 Å². The van der Waals surface area contributed by atoms with Crippen LogP contribution in [0.15, 0.2) is 48.9 Å². The van der Waals surface area contributed by atoms with Gasteiger partial charge in [-0.3, -0.25) is 4.68 Å². The van der Waals surface area contributed by atoms with Crippen molar-refractivity contribution in [3.63, 3.8) is 0 Å². The summed E-state index contributed by atoms with van der Waals surface area (Å²) in [6, 6.07) is 8.09. The standard InChI is InChI=1S/C18H16FN5O/c1-11-13(9-22-23(11)2)12-8-17(16-6-7-21-24(16)10-12)25-18-14(19)4-3-5-15(18)20/h3-10H,20H2,1-2H3. The predicted molar refractivity (Wildman–Crippen MR) is 93.0 cm³/mol. The monoisotopic (exact) mass is 337 g/mol. The lowest BCUT2D eigenvalue weighted by Gasteiger charge is -2.12. The van der Waals surface area contributed by atoms with Crippen LogP contribution in [0.2, 0.25) is 0 Å². The van der Waals surface area contributed by atoms with Crippen LogP contribution >= 0.6 is 0 Å². The highest BCUT2D eigenvalue weighted by atomic mass is 19.1. The van der Waals surface area contributed by atoms with E-state index in [1.165, 1.54) is 6.07 Å². The number of rotatable bonds is 3. The van der Waals surface area contributed by atoms with E-state index < -0.39 is 5.82 Å². The molecule has 0 aliphatic carbocycles. The van der Waals surface area contributed by atoms with Crippen LogP contribution in [0, 0.1) is 12.7 Å². The lowest BCUT2D eigenvalue weighted by atomic mass is 10.1. The van der Waals surface area contributed by atoms with Crippen LogP contribution in [-0.4, -0.2) is 19.4 Å². The second-order valence-corrected chi connectivity index (χ2v) is 5.78. The Bertz CT molecular complexity index is 1060. The van der Waals surface area contributed by atoms with E-state index >= 15 is 0 Å². The number of nitrogens with zero attached hydrogens (tertiary/aromatic N) is 4. The fourth-order valence-electron chi connectivity index (χ4n) is 2.75. The van der Waals surface area contributed by atoms with Crippen molar-refractivity contribution in [2.45, 2.75) is 6.92 Å². The molecule has 2 N–H and O–H groups in total. The molecule has 6 nitrogen and oxygen atoms in total. The summed E-state index contributed by atoms with van der Waals surface area (Å²) in [5.41, 5.74) is 9.64. The topological polar surface area (TPSA) is 70.4 Å². The zero-order valence-electron chi connectivity index (χ0n) is 13.8. The molecule has 4 aromatic rings. The largest absolute Gasteiger partial charge is 0.450 e. The molecule has 0 atom stereocenters. The van der Waals surface area contributed by atoms with Crippen LogP contribution in [-0.2, 0) is 7.05 Å². The Kier molecular flexibility index (Phi) is 3.42. The molecular weight excluding hydrogens is 321 g/mol. The Morgan fingerprint density at radius 3 is 2.76 bits per heavy atom. The Hall–Kier alpha value is -3.35. The third kappa shape index (κ3) is 2.50. The number of aromatic nitrogens is 4. The minimum Gasteiger partial charge on any atom is -0.450 e. The summed E-state index contributed by atoms with van der Waals surface area (Å²) in [6.45, 7) is 1.98. The molecule has 1 aromatic carbocycles. The quantitative estimate of drug-likeness (QED) is 0.580. The van der Waals surface area contributed by atoms with E-state index in [2.05, 4.69) is 10.2 Å². The number of para-hydroxylation sites is 1. The van der Waals surface area contributed by atoms with E-state index in [9.17, 15) is 4.39 Å². The van der Waals surface area contributed by atoms with Gasteiger partial charge in [0.1, 0.15) is 5.52 Å². The van der Waals surface area contributed by atoms with Gasteiger partial charge in [-0.05, 0) is 31.2 Å². The first-order chi connectivity index (χ1) is 12.0. The second-order valence-electron chi connectivity index (χ2n) is 5.78. The van der Waals surface area contributed by atoms with Crippen molar-refractivity contribution in [2.24, 2.45) is 7.05 Å². The number of fused-ring (bicyclic) bond motifs is 1. The van der Waals surface area contributed by atoms with Crippen molar-refractivity contribution in [3.8, 4) is 22.6 Å². The van der Waals surface area contributed by atoms with E-state index in [1.54, 1.807) is 39.8 Å². The van der Waals surface area contributed by atoms with Gasteiger partial charge in [0.15, 0.2) is 17.3 Å². The lowest BCUT2D eigenvalue weighted by molar-refractivity contribution is 0.447. The summed E-state index contributed by atoms with van der Waals surface area (Å²) in [5, 5.41) is 8.54. The lowest BCUT2D eigenvalue weighted by Crippen LogP contribution is -1.98.